The van der Waals surface area contributed by atoms with Crippen LogP contribution in [-0.4, -0.2) is 54.3 Å². The lowest BCUT2D eigenvalue weighted by atomic mass is 9.74. The van der Waals surface area contributed by atoms with Crippen molar-refractivity contribution in [2.75, 3.05) is 6.54 Å². The second-order valence-corrected chi connectivity index (χ2v) is 13.0. The molecule has 2 unspecified atom stereocenters. The van der Waals surface area contributed by atoms with Crippen LogP contribution in [0.5, 0.6) is 0 Å². The summed E-state index contributed by atoms with van der Waals surface area (Å²) >= 11 is 6.08. The zero-order valence-electron chi connectivity index (χ0n) is 23.0. The van der Waals surface area contributed by atoms with E-state index in [1.807, 2.05) is 0 Å². The van der Waals surface area contributed by atoms with Crippen molar-refractivity contribution in [1.82, 2.24) is 19.7 Å². The molecule has 2 aromatic rings. The van der Waals surface area contributed by atoms with E-state index in [1.165, 1.54) is 4.90 Å². The van der Waals surface area contributed by atoms with Crippen LogP contribution in [0.1, 0.15) is 93.1 Å². The van der Waals surface area contributed by atoms with Crippen LogP contribution in [0.2, 0.25) is 5.02 Å². The fraction of sp³-hybridized carbons (Fsp3) is 0.643. The van der Waals surface area contributed by atoms with Gasteiger partial charge in [-0.15, -0.1) is 0 Å². The molecule has 0 aromatic carbocycles. The number of pyridine rings is 1. The molecule has 0 spiro atoms. The van der Waals surface area contributed by atoms with Gasteiger partial charge in [0.2, 0.25) is 0 Å². The van der Waals surface area contributed by atoms with Crippen molar-refractivity contribution in [3.63, 3.8) is 0 Å². The Balaban J connectivity index is 1.47. The number of rotatable bonds is 7. The number of hydrogen-bond acceptors (Lipinski definition) is 5. The zero-order chi connectivity index (χ0) is 30.1. The number of nitrogens with zero attached hydrogens (tertiary/aromatic N) is 4. The van der Waals surface area contributed by atoms with Gasteiger partial charge in [-0.2, -0.15) is 18.3 Å². The first kappa shape index (κ1) is 29.8. The molecule has 3 aliphatic carbocycles. The summed E-state index contributed by atoms with van der Waals surface area (Å²) in [6.45, 7) is 5.32. The maximum atomic E-state index is 14.5. The summed E-state index contributed by atoms with van der Waals surface area (Å²) in [5.74, 6) is -2.26. The first-order valence-electron chi connectivity index (χ1n) is 13.7. The lowest BCUT2D eigenvalue weighted by Gasteiger charge is -2.35. The number of aromatic nitrogens is 3. The summed E-state index contributed by atoms with van der Waals surface area (Å²) in [4.78, 5) is 30.4. The summed E-state index contributed by atoms with van der Waals surface area (Å²) in [5, 5.41) is 24.3. The van der Waals surface area contributed by atoms with Gasteiger partial charge in [0.05, 0.1) is 41.0 Å². The summed E-state index contributed by atoms with van der Waals surface area (Å²) < 4.78 is 59.0. The number of carboxylic acid groups (broad SMARTS) is 1. The first-order chi connectivity index (χ1) is 19.1. The zero-order valence-corrected chi connectivity index (χ0v) is 23.7. The van der Waals surface area contributed by atoms with Crippen LogP contribution in [-0.2, 0) is 11.0 Å². The molecule has 41 heavy (non-hydrogen) atoms. The van der Waals surface area contributed by atoms with Gasteiger partial charge in [-0.05, 0) is 62.7 Å². The second kappa shape index (κ2) is 10.2. The molecule has 5 rings (SSSR count). The molecule has 2 N–H and O–H groups in total. The molecule has 8 nitrogen and oxygen atoms in total. The number of carbonyl (C=O) groups excluding carboxylic acids is 1. The van der Waals surface area contributed by atoms with Crippen molar-refractivity contribution >= 4 is 23.5 Å². The second-order valence-electron chi connectivity index (χ2n) is 12.6. The van der Waals surface area contributed by atoms with Gasteiger partial charge in [0.25, 0.3) is 5.91 Å². The van der Waals surface area contributed by atoms with Crippen LogP contribution >= 0.6 is 11.6 Å². The van der Waals surface area contributed by atoms with Crippen molar-refractivity contribution < 1.29 is 37.4 Å². The number of halogens is 5. The topological polar surface area (TPSA) is 109 Å². The van der Waals surface area contributed by atoms with Gasteiger partial charge in [-0.1, -0.05) is 25.4 Å². The maximum absolute atomic E-state index is 14.5. The van der Waals surface area contributed by atoms with E-state index in [1.54, 1.807) is 6.92 Å². The van der Waals surface area contributed by atoms with Gasteiger partial charge in [-0.3, -0.25) is 19.3 Å². The minimum atomic E-state index is -4.93. The van der Waals surface area contributed by atoms with Crippen LogP contribution in [0, 0.1) is 28.5 Å². The summed E-state index contributed by atoms with van der Waals surface area (Å²) in [6, 6.07) is -1.19. The summed E-state index contributed by atoms with van der Waals surface area (Å²) in [7, 11) is 0. The highest BCUT2D eigenvalue weighted by molar-refractivity contribution is 6.31. The van der Waals surface area contributed by atoms with Crippen molar-refractivity contribution in [2.24, 2.45) is 22.7 Å². The number of aliphatic carboxylic acids is 1. The van der Waals surface area contributed by atoms with E-state index < -0.39 is 65.3 Å². The lowest BCUT2D eigenvalue weighted by Crippen LogP contribution is -2.43. The maximum Gasteiger partial charge on any atom is 0.433 e. The van der Waals surface area contributed by atoms with Crippen molar-refractivity contribution in [1.29, 1.82) is 0 Å². The van der Waals surface area contributed by atoms with Gasteiger partial charge >= 0.3 is 12.1 Å². The van der Waals surface area contributed by atoms with E-state index in [0.29, 0.717) is 12.8 Å². The largest absolute Gasteiger partial charge is 0.481 e. The van der Waals surface area contributed by atoms with Gasteiger partial charge in [0.1, 0.15) is 11.9 Å². The first-order valence-corrected chi connectivity index (χ1v) is 14.1. The molecule has 2 aromatic heterocycles. The van der Waals surface area contributed by atoms with Gasteiger partial charge < -0.3 is 15.1 Å². The van der Waals surface area contributed by atoms with E-state index in [9.17, 15) is 37.4 Å². The van der Waals surface area contributed by atoms with E-state index in [2.05, 4.69) is 23.9 Å². The average molecular weight is 601 g/mol. The van der Waals surface area contributed by atoms with Crippen molar-refractivity contribution in [2.45, 2.75) is 83.7 Å². The van der Waals surface area contributed by atoms with Crippen LogP contribution in [0.15, 0.2) is 18.6 Å². The minimum Gasteiger partial charge on any atom is -0.481 e. The average Bonchev–Trinajstić information content (AvgIpc) is 3.30. The van der Waals surface area contributed by atoms with Crippen LogP contribution in [0.4, 0.5) is 17.6 Å². The van der Waals surface area contributed by atoms with Crippen LogP contribution < -0.4 is 0 Å². The number of aliphatic hydroxyl groups is 1. The standard InChI is InChI=1S/C28H33ClF4N4O4/c1-26(2)17-8-15(9-18(17)26)36(13-21(38)22-19(29)11-34-12-20(22)30)24(39)16-10-35-37(23(16)28(31,32)33)14-4-6-27(3,7-5-14)25(40)41/h10-12,14-15,17-18,21,38H,4-9,13H2,1-3H3,(H,40,41)/t14?,15?,17-,18+,21?,27?. The van der Waals surface area contributed by atoms with Crippen molar-refractivity contribution in [3.8, 4) is 0 Å². The third-order valence-corrected chi connectivity index (χ3v) is 10.2. The highest BCUT2D eigenvalue weighted by atomic mass is 35.5. The van der Waals surface area contributed by atoms with Crippen LogP contribution in [0.25, 0.3) is 0 Å². The lowest BCUT2D eigenvalue weighted by molar-refractivity contribution is -0.152. The molecule has 13 heteroatoms. The number of carboxylic acids is 1. The Labute approximate surface area is 239 Å². The molecule has 3 aliphatic rings. The molecule has 224 valence electrons. The molecular weight excluding hydrogens is 568 g/mol. The van der Waals surface area contributed by atoms with Gasteiger partial charge in [-0.25, -0.2) is 4.39 Å². The Kier molecular flexibility index (Phi) is 7.41. The van der Waals surface area contributed by atoms with E-state index in [-0.39, 0.29) is 53.5 Å². The highest BCUT2D eigenvalue weighted by Crippen LogP contribution is 2.67. The molecule has 0 radical (unpaired) electrons. The SMILES string of the molecule is CC1(C(=O)O)CCC(n2ncc(C(=O)N(CC(O)c3c(F)cncc3Cl)C3C[C@@H]4[C@H](C3)C4(C)C)c2C(F)(F)F)CC1. The molecule has 3 fully saturated rings. The molecule has 3 saturated carbocycles. The molecule has 0 saturated heterocycles. The molecule has 0 bridgehead atoms. The molecule has 4 atom stereocenters. The Morgan fingerprint density at radius 1 is 1.15 bits per heavy atom. The Morgan fingerprint density at radius 2 is 1.76 bits per heavy atom. The van der Waals surface area contributed by atoms with Gasteiger partial charge in [0.15, 0.2) is 5.69 Å². The van der Waals surface area contributed by atoms with Gasteiger partial charge in [0, 0.05) is 17.8 Å². The normalized spacial score (nSPS) is 29.6. The number of carbonyl (C=O) groups is 2. The summed E-state index contributed by atoms with van der Waals surface area (Å²) in [5.41, 5.74) is -3.11. The Hall–Kier alpha value is -2.73. The summed E-state index contributed by atoms with van der Waals surface area (Å²) in [6.07, 6.45) is -1.86. The molecule has 0 aliphatic heterocycles. The predicted molar refractivity (Wildman–Crippen MR) is 139 cm³/mol. The number of aliphatic hydroxyl groups excluding tert-OH is 1. The minimum absolute atomic E-state index is 0.0673. The van der Waals surface area contributed by atoms with Crippen LogP contribution in [0.3, 0.4) is 0 Å². The molecular formula is C28H33ClF4N4O4. The number of alkyl halides is 3. The number of hydrogen-bond donors (Lipinski definition) is 2. The number of amides is 1. The fourth-order valence-electron chi connectivity index (χ4n) is 7.08. The fourth-order valence-corrected chi connectivity index (χ4v) is 7.35. The predicted octanol–water partition coefficient (Wildman–Crippen LogP) is 5.91. The third kappa shape index (κ3) is 5.22. The quantitative estimate of drug-likeness (QED) is 0.383. The highest BCUT2D eigenvalue weighted by Gasteiger charge is 2.63. The van der Waals surface area contributed by atoms with E-state index in [0.717, 1.165) is 23.3 Å². The molecule has 2 heterocycles. The number of fused-ring (bicyclic) bond motifs is 1. The van der Waals surface area contributed by atoms with E-state index in [4.69, 9.17) is 11.6 Å². The third-order valence-electron chi connectivity index (χ3n) is 9.85. The van der Waals surface area contributed by atoms with Crippen molar-refractivity contribution in [3.05, 3.63) is 46.3 Å². The Morgan fingerprint density at radius 3 is 2.29 bits per heavy atom. The Bertz CT molecular complexity index is 1320. The monoisotopic (exact) mass is 600 g/mol. The smallest absolute Gasteiger partial charge is 0.433 e. The molecule has 1 amide bonds. The van der Waals surface area contributed by atoms with E-state index >= 15 is 0 Å².